The predicted octanol–water partition coefficient (Wildman–Crippen LogP) is 6.07. The lowest BCUT2D eigenvalue weighted by molar-refractivity contribution is 0.284. The van der Waals surface area contributed by atoms with E-state index in [0.29, 0.717) is 28.2 Å². The average molecular weight is 538 g/mol. The van der Waals surface area contributed by atoms with Crippen LogP contribution in [-0.2, 0) is 12.0 Å². The summed E-state index contributed by atoms with van der Waals surface area (Å²) in [6.07, 6.45) is 1.59. The Labute approximate surface area is 211 Å². The third-order valence-electron chi connectivity index (χ3n) is 5.30. The summed E-state index contributed by atoms with van der Waals surface area (Å²) in [4.78, 5) is 18.0. The highest BCUT2D eigenvalue weighted by Crippen LogP contribution is 2.29. The van der Waals surface area contributed by atoms with E-state index in [-0.39, 0.29) is 18.0 Å². The highest BCUT2D eigenvalue weighted by Gasteiger charge is 2.23. The minimum atomic E-state index is -0.409. The largest absolute Gasteiger partial charge is 0.493 e. The fourth-order valence-electron chi connectivity index (χ4n) is 3.49. The van der Waals surface area contributed by atoms with Crippen LogP contribution in [0.25, 0.3) is 10.9 Å². The smallest absolute Gasteiger partial charge is 0.282 e. The Morgan fingerprint density at radius 1 is 1.06 bits per heavy atom. The molecular weight excluding hydrogens is 513 g/mol. The van der Waals surface area contributed by atoms with Crippen molar-refractivity contribution >= 4 is 33.0 Å². The molecule has 0 fully saturated rings. The van der Waals surface area contributed by atoms with E-state index >= 15 is 0 Å². The Morgan fingerprint density at radius 3 is 2.49 bits per heavy atom. The molecule has 180 valence electrons. The van der Waals surface area contributed by atoms with Crippen LogP contribution in [0.2, 0.25) is 0 Å². The average Bonchev–Trinajstić information content (AvgIpc) is 2.83. The summed E-state index contributed by atoms with van der Waals surface area (Å²) in [5.74, 6) is 1.32. The summed E-state index contributed by atoms with van der Waals surface area (Å²) in [7, 11) is 1.55. The molecule has 1 heterocycles. The molecule has 4 rings (SSSR count). The molecule has 0 aliphatic rings. The molecule has 8 heteroatoms. The third kappa shape index (κ3) is 5.59. The van der Waals surface area contributed by atoms with Gasteiger partial charge in [0.1, 0.15) is 18.2 Å². The Morgan fingerprint density at radius 2 is 1.80 bits per heavy atom. The second kappa shape index (κ2) is 10.00. The minimum absolute atomic E-state index is 0.247. The van der Waals surface area contributed by atoms with Gasteiger partial charge in [-0.15, -0.1) is 0 Å². The van der Waals surface area contributed by atoms with E-state index in [9.17, 15) is 9.18 Å². The van der Waals surface area contributed by atoms with Crippen LogP contribution in [0.15, 0.2) is 75.0 Å². The fraction of sp³-hybridized carbons (Fsp3) is 0.222. The number of halogens is 2. The van der Waals surface area contributed by atoms with Crippen LogP contribution in [0.3, 0.4) is 0 Å². The zero-order valence-electron chi connectivity index (χ0n) is 19.9. The Balaban J connectivity index is 1.66. The first kappa shape index (κ1) is 24.6. The number of rotatable bonds is 6. The van der Waals surface area contributed by atoms with Gasteiger partial charge < -0.3 is 9.47 Å². The molecule has 3 aromatic carbocycles. The Bertz CT molecular complexity index is 1460. The maximum atomic E-state index is 13.3. The quantitative estimate of drug-likeness (QED) is 0.280. The van der Waals surface area contributed by atoms with Gasteiger partial charge in [0.05, 0.1) is 24.2 Å². The van der Waals surface area contributed by atoms with Gasteiger partial charge >= 0.3 is 0 Å². The lowest BCUT2D eigenvalue weighted by atomic mass is 9.95. The molecule has 6 nitrogen and oxygen atoms in total. The molecule has 35 heavy (non-hydrogen) atoms. The van der Waals surface area contributed by atoms with Crippen molar-refractivity contribution in [2.24, 2.45) is 5.10 Å². The maximum absolute atomic E-state index is 13.3. The second-order valence-corrected chi connectivity index (χ2v) is 9.95. The first-order valence-corrected chi connectivity index (χ1v) is 11.8. The van der Waals surface area contributed by atoms with E-state index in [1.54, 1.807) is 43.7 Å². The van der Waals surface area contributed by atoms with Crippen molar-refractivity contribution in [1.82, 2.24) is 9.66 Å². The van der Waals surface area contributed by atoms with Crippen LogP contribution >= 0.6 is 15.9 Å². The van der Waals surface area contributed by atoms with E-state index in [1.807, 2.05) is 39.0 Å². The van der Waals surface area contributed by atoms with Gasteiger partial charge in [-0.3, -0.25) is 4.79 Å². The van der Waals surface area contributed by atoms with Crippen LogP contribution in [0.4, 0.5) is 4.39 Å². The third-order valence-corrected chi connectivity index (χ3v) is 5.79. The van der Waals surface area contributed by atoms with E-state index in [2.05, 4.69) is 21.0 Å². The molecule has 0 bridgehead atoms. The summed E-state index contributed by atoms with van der Waals surface area (Å²) < 4.78 is 26.6. The molecule has 0 amide bonds. The zero-order valence-corrected chi connectivity index (χ0v) is 21.5. The minimum Gasteiger partial charge on any atom is -0.493 e. The Hall–Kier alpha value is -3.52. The van der Waals surface area contributed by atoms with Crippen molar-refractivity contribution < 1.29 is 13.9 Å². The van der Waals surface area contributed by atoms with E-state index in [1.165, 1.54) is 16.8 Å². The lowest BCUT2D eigenvalue weighted by Crippen LogP contribution is -2.29. The number of hydrogen-bond acceptors (Lipinski definition) is 5. The normalized spacial score (nSPS) is 11.8. The number of nitrogens with zero attached hydrogens (tertiary/aromatic N) is 3. The summed E-state index contributed by atoms with van der Waals surface area (Å²) in [5.41, 5.74) is 1.52. The van der Waals surface area contributed by atoms with E-state index in [4.69, 9.17) is 14.5 Å². The van der Waals surface area contributed by atoms with Crippen molar-refractivity contribution in [2.75, 3.05) is 7.11 Å². The van der Waals surface area contributed by atoms with Gasteiger partial charge in [0.25, 0.3) is 5.56 Å². The van der Waals surface area contributed by atoms with Crippen LogP contribution in [-0.4, -0.2) is 23.0 Å². The molecule has 0 unspecified atom stereocenters. The number of hydrogen-bond donors (Lipinski definition) is 0. The molecule has 0 aliphatic carbocycles. The summed E-state index contributed by atoms with van der Waals surface area (Å²) in [5, 5.41) is 4.98. The molecule has 0 radical (unpaired) electrons. The number of ether oxygens (including phenoxy) is 2. The lowest BCUT2D eigenvalue weighted by Gasteiger charge is -2.20. The van der Waals surface area contributed by atoms with Gasteiger partial charge in [-0.2, -0.15) is 9.78 Å². The SMILES string of the molecule is COc1cc(C=Nn2c(C(C)(C)C)nc3ccc(Br)cc3c2=O)ccc1OCc1ccc(F)cc1. The van der Waals surface area contributed by atoms with Crippen LogP contribution < -0.4 is 15.0 Å². The fourth-order valence-corrected chi connectivity index (χ4v) is 3.85. The summed E-state index contributed by atoms with van der Waals surface area (Å²) >= 11 is 3.42. The van der Waals surface area contributed by atoms with Crippen LogP contribution in [0, 0.1) is 5.82 Å². The molecular formula is C27H25BrFN3O3. The van der Waals surface area contributed by atoms with Crippen molar-refractivity contribution in [3.63, 3.8) is 0 Å². The van der Waals surface area contributed by atoms with E-state index < -0.39 is 5.41 Å². The number of fused-ring (bicyclic) bond motifs is 1. The van der Waals surface area contributed by atoms with Gasteiger partial charge in [0.2, 0.25) is 0 Å². The highest BCUT2D eigenvalue weighted by molar-refractivity contribution is 9.10. The van der Waals surface area contributed by atoms with Crippen molar-refractivity contribution in [3.8, 4) is 11.5 Å². The molecule has 0 atom stereocenters. The number of methoxy groups -OCH3 is 1. The predicted molar refractivity (Wildman–Crippen MR) is 139 cm³/mol. The van der Waals surface area contributed by atoms with Crippen LogP contribution in [0.5, 0.6) is 11.5 Å². The maximum Gasteiger partial charge on any atom is 0.282 e. The number of benzene rings is 3. The van der Waals surface area contributed by atoms with Crippen molar-refractivity contribution in [2.45, 2.75) is 32.8 Å². The van der Waals surface area contributed by atoms with Gasteiger partial charge in [-0.05, 0) is 59.7 Å². The van der Waals surface area contributed by atoms with Crippen molar-refractivity contribution in [1.29, 1.82) is 0 Å². The van der Waals surface area contributed by atoms with Gasteiger partial charge in [0, 0.05) is 9.89 Å². The van der Waals surface area contributed by atoms with Crippen molar-refractivity contribution in [3.05, 3.63) is 98.3 Å². The topological polar surface area (TPSA) is 65.7 Å². The zero-order chi connectivity index (χ0) is 25.2. The monoisotopic (exact) mass is 537 g/mol. The molecule has 0 N–H and O–H groups in total. The number of aromatic nitrogens is 2. The Kier molecular flexibility index (Phi) is 7.03. The summed E-state index contributed by atoms with van der Waals surface area (Å²) in [6.45, 7) is 6.23. The molecule has 0 saturated carbocycles. The summed E-state index contributed by atoms with van der Waals surface area (Å²) in [6, 6.07) is 16.9. The highest BCUT2D eigenvalue weighted by atomic mass is 79.9. The van der Waals surface area contributed by atoms with E-state index in [0.717, 1.165) is 15.6 Å². The molecule has 1 aromatic heterocycles. The molecule has 4 aromatic rings. The van der Waals surface area contributed by atoms with Gasteiger partial charge in [-0.1, -0.05) is 48.8 Å². The standard InChI is InChI=1S/C27H25BrFN3O3/c1-27(2,3)26-31-22-11-8-19(28)14-21(22)25(33)32(26)30-15-18-7-12-23(24(13-18)34-4)35-16-17-5-9-20(29)10-6-17/h5-15H,16H2,1-4H3. The van der Waals surface area contributed by atoms with Gasteiger partial charge in [0.15, 0.2) is 11.5 Å². The molecule has 0 saturated heterocycles. The molecule has 0 spiro atoms. The van der Waals surface area contributed by atoms with Crippen LogP contribution in [0.1, 0.15) is 37.7 Å². The van der Waals surface area contributed by atoms with Gasteiger partial charge in [-0.25, -0.2) is 9.37 Å². The first-order chi connectivity index (χ1) is 16.7. The molecule has 0 aliphatic heterocycles. The first-order valence-electron chi connectivity index (χ1n) is 11.0. The second-order valence-electron chi connectivity index (χ2n) is 9.03.